The summed E-state index contributed by atoms with van der Waals surface area (Å²) < 4.78 is 59.0. The number of allylic oxidation sites excluding steroid dienone is 2. The fraction of sp³-hybridized carbons (Fsp3) is 0.202. The Labute approximate surface area is 550 Å². The highest BCUT2D eigenvalue weighted by Gasteiger charge is 2.35. The molecule has 17 rings (SSSR count). The molecule has 12 aromatic rings. The molecule has 95 heavy (non-hydrogen) atoms. The Morgan fingerprint density at radius 1 is 0.421 bits per heavy atom. The Bertz CT molecular complexity index is 4880. The van der Waals surface area contributed by atoms with E-state index in [-0.39, 0.29) is 29.9 Å². The molecule has 0 radical (unpaired) electrons. The molecule has 472 valence electrons. The molecule has 5 heterocycles. The zero-order valence-electron chi connectivity index (χ0n) is 52.6. The number of halogens is 4. The number of para-hydroxylation sites is 4. The van der Waals surface area contributed by atoms with Crippen LogP contribution in [0.25, 0.3) is 100 Å². The lowest BCUT2D eigenvalue weighted by atomic mass is 9.90. The van der Waals surface area contributed by atoms with Gasteiger partial charge in [-0.05, 0) is 187 Å². The summed E-state index contributed by atoms with van der Waals surface area (Å²) in [4.78, 5) is 30.5. The predicted octanol–water partition coefficient (Wildman–Crippen LogP) is 20.6. The first-order valence-corrected chi connectivity index (χ1v) is 33.0. The molecular weight excluding hydrogens is 1190 g/mol. The normalized spacial score (nSPS) is 15.7. The average Bonchev–Trinajstić information content (AvgIpc) is 1.28. The number of rotatable bonds is 16. The molecule has 5 fully saturated rings. The molecule has 1 atom stereocenters. The van der Waals surface area contributed by atoms with Crippen LogP contribution in [-0.2, 0) is 22.4 Å². The number of carbonyl (C=O) groups excluding carboxylic acids is 1. The number of fused-ring (bicyclic) bond motifs is 4. The van der Waals surface area contributed by atoms with Crippen molar-refractivity contribution in [3.8, 4) is 44.5 Å². The molecule has 1 N–H and O–H groups in total. The van der Waals surface area contributed by atoms with Gasteiger partial charge in [0, 0.05) is 85.3 Å². The summed E-state index contributed by atoms with van der Waals surface area (Å²) >= 11 is 0. The van der Waals surface area contributed by atoms with Gasteiger partial charge in [-0.1, -0.05) is 140 Å². The first kappa shape index (κ1) is 62.4. The van der Waals surface area contributed by atoms with E-state index in [1.807, 2.05) is 127 Å². The minimum absolute atomic E-state index is 0.0141. The zero-order valence-corrected chi connectivity index (χ0v) is 52.6. The number of aliphatic hydroxyl groups excluding tert-OH is 1. The third-order valence-electron chi connectivity index (χ3n) is 18.3. The summed E-state index contributed by atoms with van der Waals surface area (Å²) in [5.74, 6) is 1.14. The summed E-state index contributed by atoms with van der Waals surface area (Å²) in [6, 6.07) is 59.2. The second-order valence-electron chi connectivity index (χ2n) is 25.2. The van der Waals surface area contributed by atoms with E-state index in [1.54, 1.807) is 30.3 Å². The number of aliphatic hydroxyl groups is 1. The number of hydrogen-bond donors (Lipinski definition) is 1. The van der Waals surface area contributed by atoms with E-state index < -0.39 is 0 Å². The van der Waals surface area contributed by atoms with E-state index in [1.165, 1.54) is 102 Å². The first-order chi connectivity index (χ1) is 46.6. The fourth-order valence-corrected chi connectivity index (χ4v) is 13.1. The lowest BCUT2D eigenvalue weighted by molar-refractivity contribution is -0.104. The van der Waals surface area contributed by atoms with Gasteiger partial charge >= 0.3 is 0 Å². The monoisotopic (exact) mass is 1260 g/mol. The smallest absolute Gasteiger partial charge is 0.142 e. The molecule has 1 saturated heterocycles. The van der Waals surface area contributed by atoms with Crippen LogP contribution in [0.1, 0.15) is 120 Å². The Balaban J connectivity index is 0.000000109. The number of benzene rings is 8. The van der Waals surface area contributed by atoms with Crippen molar-refractivity contribution in [2.45, 2.75) is 94.0 Å². The summed E-state index contributed by atoms with van der Waals surface area (Å²) in [5.41, 5.74) is 21.5. The molecule has 5 aliphatic rings. The second-order valence-corrected chi connectivity index (χ2v) is 25.2. The predicted molar refractivity (Wildman–Crippen MR) is 375 cm³/mol. The van der Waals surface area contributed by atoms with Crippen molar-refractivity contribution in [1.82, 2.24) is 19.9 Å². The molecular formula is C84H70F4N4O3. The Morgan fingerprint density at radius 3 is 1.08 bits per heavy atom. The topological polar surface area (TPSA) is 101 Å². The van der Waals surface area contributed by atoms with Crippen molar-refractivity contribution >= 4 is 62.0 Å². The van der Waals surface area contributed by atoms with Crippen molar-refractivity contribution in [1.29, 1.82) is 0 Å². The quantitative estimate of drug-likeness (QED) is 0.0338. The van der Waals surface area contributed by atoms with Gasteiger partial charge in [0.1, 0.15) is 29.6 Å². The molecule has 1 aliphatic heterocycles. The number of pyridine rings is 4. The van der Waals surface area contributed by atoms with Crippen molar-refractivity contribution in [3.05, 3.63) is 287 Å². The number of ether oxygens (including phenoxy) is 1. The van der Waals surface area contributed by atoms with Gasteiger partial charge in [0.2, 0.25) is 0 Å². The lowest BCUT2D eigenvalue weighted by Gasteiger charge is -2.17. The van der Waals surface area contributed by atoms with Crippen LogP contribution in [-0.4, -0.2) is 50.6 Å². The second kappa shape index (κ2) is 27.9. The number of epoxide rings is 1. The van der Waals surface area contributed by atoms with Crippen LogP contribution in [0.15, 0.2) is 219 Å². The highest BCUT2D eigenvalue weighted by Crippen LogP contribution is 2.50. The molecule has 4 aliphatic carbocycles. The van der Waals surface area contributed by atoms with Crippen LogP contribution in [0, 0.1) is 23.3 Å². The van der Waals surface area contributed by atoms with Gasteiger partial charge < -0.3 is 9.84 Å². The van der Waals surface area contributed by atoms with Gasteiger partial charge in [0.15, 0.2) is 0 Å². The van der Waals surface area contributed by atoms with Crippen LogP contribution in [0.2, 0.25) is 0 Å². The zero-order chi connectivity index (χ0) is 64.9. The van der Waals surface area contributed by atoms with E-state index in [0.29, 0.717) is 29.8 Å². The molecule has 0 bridgehead atoms. The molecule has 0 spiro atoms. The van der Waals surface area contributed by atoms with Crippen LogP contribution in [0.3, 0.4) is 0 Å². The Kier molecular flexibility index (Phi) is 18.3. The first-order valence-electron chi connectivity index (χ1n) is 33.0. The highest BCUT2D eigenvalue weighted by molar-refractivity contribution is 6.02. The molecule has 0 amide bonds. The SMILES string of the molecule is C=CCc1c(C2CC2)nc2ccccc2c1-c1ccc(F)cc1.Fc1ccc(-c2c(CC3CO3)c(C3CC3)nc3ccccc23)cc1.O=C/C=C/c1c(C2CC2)nc2ccccc2c1-c1ccc(F)cc1.OC/C=C/c1c(C2CC2)nc2ccccc2c1-c1ccc(F)cc1. The number of aromatic nitrogens is 4. The van der Waals surface area contributed by atoms with Crippen molar-refractivity contribution in [2.24, 2.45) is 0 Å². The van der Waals surface area contributed by atoms with E-state index in [2.05, 4.69) is 30.8 Å². The molecule has 1 unspecified atom stereocenters. The van der Waals surface area contributed by atoms with Gasteiger partial charge in [-0.2, -0.15) is 0 Å². The summed E-state index contributed by atoms with van der Waals surface area (Å²) in [5, 5.41) is 13.6. The summed E-state index contributed by atoms with van der Waals surface area (Å²) in [6.07, 6.45) is 21.1. The van der Waals surface area contributed by atoms with Crippen LogP contribution in [0.4, 0.5) is 17.6 Å². The lowest BCUT2D eigenvalue weighted by Crippen LogP contribution is -2.05. The summed E-state index contributed by atoms with van der Waals surface area (Å²) in [6.45, 7) is 4.74. The van der Waals surface area contributed by atoms with Crippen molar-refractivity contribution in [2.75, 3.05) is 13.2 Å². The van der Waals surface area contributed by atoms with E-state index in [4.69, 9.17) is 24.7 Å². The maximum atomic E-state index is 13.4. The number of aldehydes is 1. The molecule has 8 aromatic carbocycles. The Morgan fingerprint density at radius 2 is 0.737 bits per heavy atom. The van der Waals surface area contributed by atoms with E-state index in [0.717, 1.165) is 151 Å². The van der Waals surface area contributed by atoms with E-state index in [9.17, 15) is 27.5 Å². The number of nitrogens with zero attached hydrogens (tertiary/aromatic N) is 4. The van der Waals surface area contributed by atoms with E-state index >= 15 is 0 Å². The number of hydrogen-bond acceptors (Lipinski definition) is 7. The number of carbonyl (C=O) groups is 1. The van der Waals surface area contributed by atoms with Gasteiger partial charge in [-0.25, -0.2) is 17.6 Å². The third-order valence-corrected chi connectivity index (χ3v) is 18.3. The third kappa shape index (κ3) is 14.1. The van der Waals surface area contributed by atoms with Gasteiger partial charge in [0.25, 0.3) is 0 Å². The highest BCUT2D eigenvalue weighted by atomic mass is 19.1. The minimum Gasteiger partial charge on any atom is -0.392 e. The fourth-order valence-electron chi connectivity index (χ4n) is 13.1. The average molecular weight is 1260 g/mol. The maximum absolute atomic E-state index is 13.4. The van der Waals surface area contributed by atoms with Gasteiger partial charge in [-0.3, -0.25) is 24.7 Å². The molecule has 11 heteroatoms. The minimum atomic E-state index is -0.260. The largest absolute Gasteiger partial charge is 0.392 e. The van der Waals surface area contributed by atoms with Gasteiger partial charge in [0.05, 0.1) is 52.8 Å². The molecule has 4 saturated carbocycles. The van der Waals surface area contributed by atoms with Crippen LogP contribution in [0.5, 0.6) is 0 Å². The van der Waals surface area contributed by atoms with Gasteiger partial charge in [-0.15, -0.1) is 6.58 Å². The Hall–Kier alpha value is -10.1. The summed E-state index contributed by atoms with van der Waals surface area (Å²) in [7, 11) is 0. The van der Waals surface area contributed by atoms with Crippen molar-refractivity contribution < 1.29 is 32.2 Å². The van der Waals surface area contributed by atoms with Crippen LogP contribution >= 0.6 is 0 Å². The molecule has 4 aromatic heterocycles. The standard InChI is InChI=1S/2C21H18FNO.C21H16FNO.C21H18FN/c22-15-9-7-13(8-10-15)20-17-3-1-2-4-19(17)23-21(14-5-6-14)18(20)11-16-12-24-16;2*22-16-11-9-14(10-12-16)20-17-4-1-2-6-19(17)23-21(15-7-8-15)18(20)5-3-13-24;1-2-5-18-20(14-10-12-16(22)13-11-14)17-6-3-4-7-19(17)23-21(18)15-8-9-15/h1-4,7-10,14,16H,5-6,11-12H2;1-6,9-12,15,24H,7-8,13H2;1-6,9-13,15H,7-8H2;2-4,6-7,10-13,15H,1,5,8-9H2/b;2*5-3+;. The molecule has 7 nitrogen and oxygen atoms in total. The maximum Gasteiger partial charge on any atom is 0.142 e. The van der Waals surface area contributed by atoms with Crippen LogP contribution < -0.4 is 0 Å². The van der Waals surface area contributed by atoms with Crippen molar-refractivity contribution in [3.63, 3.8) is 0 Å².